The molecule has 0 spiro atoms. The van der Waals surface area contributed by atoms with Crippen LogP contribution in [0, 0.1) is 12.7 Å². The van der Waals surface area contributed by atoms with Crippen molar-refractivity contribution in [3.63, 3.8) is 0 Å². The van der Waals surface area contributed by atoms with Gasteiger partial charge in [-0.1, -0.05) is 29.8 Å². The van der Waals surface area contributed by atoms with E-state index in [9.17, 15) is 9.18 Å². The average Bonchev–Trinajstić information content (AvgIpc) is 2.53. The second-order valence-corrected chi connectivity index (χ2v) is 5.77. The molecule has 2 rings (SSSR count). The fraction of sp³-hybridized carbons (Fsp3) is 0.278. The zero-order valence-electron chi connectivity index (χ0n) is 13.0. The number of carbonyl (C=O) groups excluding carboxylic acids is 1. The van der Waals surface area contributed by atoms with E-state index in [0.717, 1.165) is 16.8 Å². The number of hydrogen-bond acceptors (Lipinski definition) is 2. The third-order valence-electron chi connectivity index (χ3n) is 3.50. The van der Waals surface area contributed by atoms with Crippen LogP contribution in [0.4, 0.5) is 10.1 Å². The largest absolute Gasteiger partial charge is 0.384 e. The van der Waals surface area contributed by atoms with E-state index in [1.807, 2.05) is 25.1 Å². The first kappa shape index (κ1) is 17.3. The summed E-state index contributed by atoms with van der Waals surface area (Å²) in [5.41, 5.74) is 2.93. The van der Waals surface area contributed by atoms with Gasteiger partial charge in [-0.2, -0.15) is 0 Å². The van der Waals surface area contributed by atoms with Crippen molar-refractivity contribution in [2.24, 2.45) is 0 Å². The minimum atomic E-state index is -0.250. The molecule has 0 aliphatic rings. The molecular formula is C18H20ClFN2O. The molecule has 2 N–H and O–H groups in total. The van der Waals surface area contributed by atoms with Crippen LogP contribution in [-0.4, -0.2) is 19.0 Å². The Labute approximate surface area is 140 Å². The Bertz CT molecular complexity index is 659. The molecule has 0 aliphatic carbocycles. The molecule has 0 aliphatic heterocycles. The van der Waals surface area contributed by atoms with Crippen molar-refractivity contribution in [2.45, 2.75) is 19.8 Å². The summed E-state index contributed by atoms with van der Waals surface area (Å²) >= 11 is 6.05. The maximum absolute atomic E-state index is 12.8. The molecule has 0 aromatic heterocycles. The normalized spacial score (nSPS) is 10.4. The van der Waals surface area contributed by atoms with E-state index in [0.29, 0.717) is 31.0 Å². The number of nitrogens with one attached hydrogen (secondary N) is 2. The van der Waals surface area contributed by atoms with Gasteiger partial charge in [-0.3, -0.25) is 4.79 Å². The lowest BCUT2D eigenvalue weighted by molar-refractivity contribution is -0.120. The minimum Gasteiger partial charge on any atom is -0.384 e. The Morgan fingerprint density at radius 1 is 1.13 bits per heavy atom. The van der Waals surface area contributed by atoms with Gasteiger partial charge in [0.15, 0.2) is 0 Å². The highest BCUT2D eigenvalue weighted by Gasteiger charge is 2.02. The van der Waals surface area contributed by atoms with Gasteiger partial charge in [0, 0.05) is 30.2 Å². The zero-order valence-corrected chi connectivity index (χ0v) is 13.8. The number of hydrogen-bond donors (Lipinski definition) is 2. The van der Waals surface area contributed by atoms with Crippen LogP contribution in [-0.2, 0) is 11.2 Å². The van der Waals surface area contributed by atoms with Gasteiger partial charge >= 0.3 is 0 Å². The predicted molar refractivity (Wildman–Crippen MR) is 92.4 cm³/mol. The summed E-state index contributed by atoms with van der Waals surface area (Å²) in [6.07, 6.45) is 1.07. The SMILES string of the molecule is Cc1ccc(NCCC(=O)NCCc2ccc(F)cc2)cc1Cl. The standard InChI is InChI=1S/C18H20ClFN2O/c1-13-2-7-16(12-17(13)19)21-11-9-18(23)22-10-8-14-3-5-15(20)6-4-14/h2-7,12,21H,8-11H2,1H3,(H,22,23). The Morgan fingerprint density at radius 2 is 1.87 bits per heavy atom. The van der Waals surface area contributed by atoms with E-state index in [1.54, 1.807) is 12.1 Å². The van der Waals surface area contributed by atoms with Crippen molar-refractivity contribution in [2.75, 3.05) is 18.4 Å². The third kappa shape index (κ3) is 5.91. The van der Waals surface area contributed by atoms with Crippen LogP contribution in [0.5, 0.6) is 0 Å². The smallest absolute Gasteiger partial charge is 0.221 e. The molecule has 0 bridgehead atoms. The van der Waals surface area contributed by atoms with Crippen LogP contribution in [0.15, 0.2) is 42.5 Å². The summed E-state index contributed by atoms with van der Waals surface area (Å²) in [7, 11) is 0. The monoisotopic (exact) mass is 334 g/mol. The number of aryl methyl sites for hydroxylation is 1. The highest BCUT2D eigenvalue weighted by molar-refractivity contribution is 6.31. The highest BCUT2D eigenvalue weighted by atomic mass is 35.5. The van der Waals surface area contributed by atoms with Crippen LogP contribution in [0.25, 0.3) is 0 Å². The summed E-state index contributed by atoms with van der Waals surface area (Å²) in [6, 6.07) is 12.0. The van der Waals surface area contributed by atoms with E-state index in [-0.39, 0.29) is 11.7 Å². The Morgan fingerprint density at radius 3 is 2.57 bits per heavy atom. The van der Waals surface area contributed by atoms with E-state index in [4.69, 9.17) is 11.6 Å². The van der Waals surface area contributed by atoms with Gasteiger partial charge in [0.05, 0.1) is 0 Å². The Kier molecular flexibility index (Phi) is 6.41. The van der Waals surface area contributed by atoms with Gasteiger partial charge in [0.25, 0.3) is 0 Å². The van der Waals surface area contributed by atoms with E-state index >= 15 is 0 Å². The van der Waals surface area contributed by atoms with Crippen LogP contribution >= 0.6 is 11.6 Å². The molecule has 0 heterocycles. The lowest BCUT2D eigenvalue weighted by Crippen LogP contribution is -2.27. The lowest BCUT2D eigenvalue weighted by Gasteiger charge is -2.09. The van der Waals surface area contributed by atoms with Crippen LogP contribution in [0.1, 0.15) is 17.5 Å². The van der Waals surface area contributed by atoms with Crippen LogP contribution in [0.3, 0.4) is 0 Å². The molecule has 0 unspecified atom stereocenters. The molecule has 23 heavy (non-hydrogen) atoms. The molecule has 122 valence electrons. The third-order valence-corrected chi connectivity index (χ3v) is 3.91. The van der Waals surface area contributed by atoms with Crippen molar-refractivity contribution in [3.05, 3.63) is 64.4 Å². The fourth-order valence-electron chi connectivity index (χ4n) is 2.11. The van der Waals surface area contributed by atoms with E-state index in [2.05, 4.69) is 10.6 Å². The van der Waals surface area contributed by atoms with Crippen molar-refractivity contribution < 1.29 is 9.18 Å². The molecule has 2 aromatic carbocycles. The van der Waals surface area contributed by atoms with Gasteiger partial charge < -0.3 is 10.6 Å². The van der Waals surface area contributed by atoms with Gasteiger partial charge in [-0.05, 0) is 48.7 Å². The Hall–Kier alpha value is -2.07. The second-order valence-electron chi connectivity index (χ2n) is 5.37. The molecule has 0 saturated carbocycles. The highest BCUT2D eigenvalue weighted by Crippen LogP contribution is 2.19. The summed E-state index contributed by atoms with van der Waals surface area (Å²) in [4.78, 5) is 11.8. The first-order chi connectivity index (χ1) is 11.0. The van der Waals surface area contributed by atoms with E-state index < -0.39 is 0 Å². The van der Waals surface area contributed by atoms with Crippen molar-refractivity contribution >= 4 is 23.2 Å². The number of halogens is 2. The predicted octanol–water partition coefficient (Wildman–Crippen LogP) is 3.95. The molecule has 0 atom stereocenters. The van der Waals surface area contributed by atoms with E-state index in [1.165, 1.54) is 12.1 Å². The molecule has 3 nitrogen and oxygen atoms in total. The summed E-state index contributed by atoms with van der Waals surface area (Å²) in [5, 5.41) is 6.73. The first-order valence-electron chi connectivity index (χ1n) is 7.56. The average molecular weight is 335 g/mol. The fourth-order valence-corrected chi connectivity index (χ4v) is 2.29. The summed E-state index contributed by atoms with van der Waals surface area (Å²) in [5.74, 6) is -0.266. The molecule has 1 amide bonds. The molecule has 5 heteroatoms. The molecule has 0 radical (unpaired) electrons. The molecule has 0 saturated heterocycles. The topological polar surface area (TPSA) is 41.1 Å². The Balaban J connectivity index is 1.65. The maximum Gasteiger partial charge on any atom is 0.221 e. The zero-order chi connectivity index (χ0) is 16.7. The van der Waals surface area contributed by atoms with Gasteiger partial charge in [0.2, 0.25) is 5.91 Å². The van der Waals surface area contributed by atoms with Crippen molar-refractivity contribution in [3.8, 4) is 0 Å². The number of rotatable bonds is 7. The number of benzene rings is 2. The van der Waals surface area contributed by atoms with Crippen molar-refractivity contribution in [1.82, 2.24) is 5.32 Å². The van der Waals surface area contributed by atoms with Gasteiger partial charge in [-0.25, -0.2) is 4.39 Å². The second kappa shape index (κ2) is 8.53. The van der Waals surface area contributed by atoms with Gasteiger partial charge in [-0.15, -0.1) is 0 Å². The van der Waals surface area contributed by atoms with Crippen molar-refractivity contribution in [1.29, 1.82) is 0 Å². The first-order valence-corrected chi connectivity index (χ1v) is 7.93. The molecular weight excluding hydrogens is 315 g/mol. The minimum absolute atomic E-state index is 0.0159. The van der Waals surface area contributed by atoms with Crippen LogP contribution < -0.4 is 10.6 Å². The number of amides is 1. The maximum atomic E-state index is 12.8. The lowest BCUT2D eigenvalue weighted by atomic mass is 10.1. The molecule has 0 fully saturated rings. The number of anilines is 1. The number of carbonyl (C=O) groups is 1. The van der Waals surface area contributed by atoms with Crippen LogP contribution in [0.2, 0.25) is 5.02 Å². The summed E-state index contributed by atoms with van der Waals surface area (Å²) < 4.78 is 12.8. The summed E-state index contributed by atoms with van der Waals surface area (Å²) in [6.45, 7) is 3.03. The van der Waals surface area contributed by atoms with Gasteiger partial charge in [0.1, 0.15) is 5.82 Å². The molecule has 2 aromatic rings. The quantitative estimate of drug-likeness (QED) is 0.805.